The molecule has 104 valence electrons. The third-order valence-electron chi connectivity index (χ3n) is 2.93. The number of nitrogens with one attached hydrogen (secondary N) is 1. The Morgan fingerprint density at radius 2 is 2.37 bits per heavy atom. The van der Waals surface area contributed by atoms with E-state index in [0.717, 1.165) is 12.8 Å². The largest absolute Gasteiger partial charge is 0.377 e. The molecule has 0 radical (unpaired) electrons. The van der Waals surface area contributed by atoms with E-state index in [9.17, 15) is 9.59 Å². The standard InChI is InChI=1S/C11H17N5O3/c1-2-3-8-13-10(15-14-8)11(18)16-4-5-19-6-7(16)9(12)17/h7H,2-6H2,1H3,(H2,12,17)(H,13,14,15). The van der Waals surface area contributed by atoms with Crippen molar-refractivity contribution in [1.82, 2.24) is 20.1 Å². The van der Waals surface area contributed by atoms with Gasteiger partial charge in [0.2, 0.25) is 11.7 Å². The van der Waals surface area contributed by atoms with Crippen LogP contribution in [0.25, 0.3) is 0 Å². The van der Waals surface area contributed by atoms with Crippen LogP contribution in [0.3, 0.4) is 0 Å². The van der Waals surface area contributed by atoms with Crippen LogP contribution in [0.15, 0.2) is 0 Å². The molecule has 1 unspecified atom stereocenters. The number of carbonyl (C=O) groups is 2. The normalized spacial score (nSPS) is 19.4. The lowest BCUT2D eigenvalue weighted by Gasteiger charge is -2.32. The van der Waals surface area contributed by atoms with Crippen LogP contribution in [0.4, 0.5) is 0 Å². The third-order valence-corrected chi connectivity index (χ3v) is 2.93. The summed E-state index contributed by atoms with van der Waals surface area (Å²) in [5, 5.41) is 6.60. The number of primary amides is 1. The van der Waals surface area contributed by atoms with Crippen LogP contribution in [-0.4, -0.2) is 57.7 Å². The Hall–Kier alpha value is -1.96. The quantitative estimate of drug-likeness (QED) is 0.732. The lowest BCUT2D eigenvalue weighted by atomic mass is 10.2. The van der Waals surface area contributed by atoms with Gasteiger partial charge in [0, 0.05) is 13.0 Å². The van der Waals surface area contributed by atoms with Crippen LogP contribution in [0.5, 0.6) is 0 Å². The topological polar surface area (TPSA) is 114 Å². The number of aromatic nitrogens is 3. The van der Waals surface area contributed by atoms with Gasteiger partial charge in [-0.25, -0.2) is 4.98 Å². The summed E-state index contributed by atoms with van der Waals surface area (Å²) in [6, 6.07) is -0.755. The van der Waals surface area contributed by atoms with E-state index in [2.05, 4.69) is 15.2 Å². The second-order valence-corrected chi connectivity index (χ2v) is 4.35. The van der Waals surface area contributed by atoms with Gasteiger partial charge in [0.05, 0.1) is 13.2 Å². The summed E-state index contributed by atoms with van der Waals surface area (Å²) in [6.07, 6.45) is 1.63. The lowest BCUT2D eigenvalue weighted by Crippen LogP contribution is -2.54. The highest BCUT2D eigenvalue weighted by Crippen LogP contribution is 2.10. The predicted octanol–water partition coefficient (Wildman–Crippen LogP) is -0.916. The fourth-order valence-electron chi connectivity index (χ4n) is 1.95. The summed E-state index contributed by atoms with van der Waals surface area (Å²) in [5.74, 6) is -0.255. The fourth-order valence-corrected chi connectivity index (χ4v) is 1.95. The summed E-state index contributed by atoms with van der Waals surface area (Å²) in [4.78, 5) is 29.0. The molecule has 2 rings (SSSR count). The molecule has 1 aromatic heterocycles. The van der Waals surface area contributed by atoms with Crippen LogP contribution in [-0.2, 0) is 16.0 Å². The van der Waals surface area contributed by atoms with Crippen molar-refractivity contribution in [2.75, 3.05) is 19.8 Å². The first kappa shape index (κ1) is 13.5. The van der Waals surface area contributed by atoms with Gasteiger partial charge in [-0.1, -0.05) is 6.92 Å². The molecule has 19 heavy (non-hydrogen) atoms. The molecule has 1 aromatic rings. The third kappa shape index (κ3) is 2.90. The van der Waals surface area contributed by atoms with Crippen LogP contribution in [0, 0.1) is 0 Å². The lowest BCUT2D eigenvalue weighted by molar-refractivity contribution is -0.127. The Kier molecular flexibility index (Phi) is 4.10. The van der Waals surface area contributed by atoms with Gasteiger partial charge >= 0.3 is 0 Å². The Morgan fingerprint density at radius 3 is 3.05 bits per heavy atom. The predicted molar refractivity (Wildman–Crippen MR) is 65.2 cm³/mol. The number of aryl methyl sites for hydroxylation is 1. The molecular formula is C11H17N5O3. The smallest absolute Gasteiger partial charge is 0.294 e. The molecule has 0 spiro atoms. The molecule has 3 N–H and O–H groups in total. The van der Waals surface area contributed by atoms with E-state index in [-0.39, 0.29) is 12.4 Å². The van der Waals surface area contributed by atoms with Gasteiger partial charge in [0.1, 0.15) is 11.9 Å². The Balaban J connectivity index is 2.14. The van der Waals surface area contributed by atoms with Crippen molar-refractivity contribution in [2.45, 2.75) is 25.8 Å². The number of hydrogen-bond acceptors (Lipinski definition) is 5. The van der Waals surface area contributed by atoms with E-state index >= 15 is 0 Å². The molecule has 0 aromatic carbocycles. The maximum atomic E-state index is 12.2. The molecule has 0 bridgehead atoms. The molecule has 2 heterocycles. The average Bonchev–Trinajstić information content (AvgIpc) is 2.87. The summed E-state index contributed by atoms with van der Waals surface area (Å²) in [7, 11) is 0. The van der Waals surface area contributed by atoms with Gasteiger partial charge in [-0.2, -0.15) is 0 Å². The first-order valence-electron chi connectivity index (χ1n) is 6.22. The Morgan fingerprint density at radius 1 is 1.58 bits per heavy atom. The number of nitrogens with two attached hydrogens (primary N) is 1. The second-order valence-electron chi connectivity index (χ2n) is 4.35. The van der Waals surface area contributed by atoms with Gasteiger partial charge in [-0.05, 0) is 6.42 Å². The number of nitrogens with zero attached hydrogens (tertiary/aromatic N) is 3. The molecule has 1 atom stereocenters. The van der Waals surface area contributed by atoms with Gasteiger partial charge in [-0.3, -0.25) is 14.7 Å². The van der Waals surface area contributed by atoms with Gasteiger partial charge < -0.3 is 15.4 Å². The van der Waals surface area contributed by atoms with E-state index in [1.165, 1.54) is 4.90 Å². The number of amides is 2. The average molecular weight is 267 g/mol. The minimum Gasteiger partial charge on any atom is -0.377 e. The van der Waals surface area contributed by atoms with Crippen molar-refractivity contribution in [3.05, 3.63) is 11.6 Å². The molecule has 1 fully saturated rings. The molecular weight excluding hydrogens is 250 g/mol. The highest BCUT2D eigenvalue weighted by Gasteiger charge is 2.33. The van der Waals surface area contributed by atoms with E-state index in [0.29, 0.717) is 19.0 Å². The molecule has 1 aliphatic heterocycles. The first-order chi connectivity index (χ1) is 9.13. The van der Waals surface area contributed by atoms with Crippen LogP contribution < -0.4 is 5.73 Å². The molecule has 8 heteroatoms. The number of hydrogen-bond donors (Lipinski definition) is 2. The zero-order valence-corrected chi connectivity index (χ0v) is 10.8. The summed E-state index contributed by atoms with van der Waals surface area (Å²) in [5.41, 5.74) is 5.26. The summed E-state index contributed by atoms with van der Waals surface area (Å²) >= 11 is 0. The van der Waals surface area contributed by atoms with E-state index < -0.39 is 17.9 Å². The molecule has 1 saturated heterocycles. The number of H-pyrrole nitrogens is 1. The second kappa shape index (κ2) is 5.79. The van der Waals surface area contributed by atoms with Crippen LogP contribution in [0.2, 0.25) is 0 Å². The number of aromatic amines is 1. The molecule has 1 aliphatic rings. The molecule has 0 aliphatic carbocycles. The number of morpholine rings is 1. The highest BCUT2D eigenvalue weighted by molar-refractivity contribution is 5.94. The first-order valence-corrected chi connectivity index (χ1v) is 6.22. The SMILES string of the molecule is CCCc1nc(C(=O)N2CCOCC2C(N)=O)n[nH]1. The van der Waals surface area contributed by atoms with E-state index in [1.54, 1.807) is 0 Å². The maximum Gasteiger partial charge on any atom is 0.294 e. The number of carbonyl (C=O) groups excluding carboxylic acids is 2. The minimum atomic E-state index is -0.755. The monoisotopic (exact) mass is 267 g/mol. The van der Waals surface area contributed by atoms with Crippen molar-refractivity contribution in [1.29, 1.82) is 0 Å². The summed E-state index contributed by atoms with van der Waals surface area (Å²) < 4.78 is 5.16. The van der Waals surface area contributed by atoms with Crippen molar-refractivity contribution < 1.29 is 14.3 Å². The number of ether oxygens (including phenoxy) is 1. The zero-order chi connectivity index (χ0) is 13.8. The van der Waals surface area contributed by atoms with Crippen molar-refractivity contribution in [3.8, 4) is 0 Å². The van der Waals surface area contributed by atoms with Crippen LogP contribution >= 0.6 is 0 Å². The maximum absolute atomic E-state index is 12.2. The highest BCUT2D eigenvalue weighted by atomic mass is 16.5. The zero-order valence-electron chi connectivity index (χ0n) is 10.8. The molecule has 0 saturated carbocycles. The Bertz CT molecular complexity index is 473. The van der Waals surface area contributed by atoms with Gasteiger partial charge in [0.15, 0.2) is 0 Å². The van der Waals surface area contributed by atoms with E-state index in [1.807, 2.05) is 6.92 Å². The van der Waals surface area contributed by atoms with Gasteiger partial charge in [-0.15, -0.1) is 5.10 Å². The van der Waals surface area contributed by atoms with Crippen molar-refractivity contribution >= 4 is 11.8 Å². The van der Waals surface area contributed by atoms with E-state index in [4.69, 9.17) is 10.5 Å². The van der Waals surface area contributed by atoms with Gasteiger partial charge in [0.25, 0.3) is 5.91 Å². The summed E-state index contributed by atoms with van der Waals surface area (Å²) in [6.45, 7) is 2.81. The Labute approximate surface area is 110 Å². The van der Waals surface area contributed by atoms with Crippen molar-refractivity contribution in [2.24, 2.45) is 5.73 Å². The minimum absolute atomic E-state index is 0.0663. The fraction of sp³-hybridized carbons (Fsp3) is 0.636. The number of rotatable bonds is 4. The van der Waals surface area contributed by atoms with Crippen molar-refractivity contribution in [3.63, 3.8) is 0 Å². The molecule has 8 nitrogen and oxygen atoms in total. The van der Waals surface area contributed by atoms with Crippen LogP contribution in [0.1, 0.15) is 29.8 Å². The molecule has 2 amide bonds.